The molecule has 8 nitrogen and oxygen atoms in total. The molecule has 6 aliphatic rings. The average molecular weight is 754 g/mol. The maximum absolute atomic E-state index is 12.8. The van der Waals surface area contributed by atoms with Crippen molar-refractivity contribution < 1.29 is 24.5 Å². The number of ether oxygens (including phenoxy) is 2. The second kappa shape index (κ2) is 14.4. The van der Waals surface area contributed by atoms with Gasteiger partial charge in [0.15, 0.2) is 0 Å². The van der Waals surface area contributed by atoms with Crippen LogP contribution in [0.25, 0.3) is 0 Å². The summed E-state index contributed by atoms with van der Waals surface area (Å²) in [5.41, 5.74) is 3.99. The normalized spacial score (nSPS) is 40.9. The number of methoxy groups -OCH3 is 1. The first kappa shape index (κ1) is 40.2. The van der Waals surface area contributed by atoms with E-state index in [4.69, 9.17) is 9.47 Å². The van der Waals surface area contributed by atoms with Crippen LogP contribution in [0, 0.1) is 68.0 Å². The van der Waals surface area contributed by atoms with E-state index in [1.807, 2.05) is 0 Å². The summed E-state index contributed by atoms with van der Waals surface area (Å²) >= 11 is 0. The lowest BCUT2D eigenvalue weighted by Crippen LogP contribution is -2.68. The van der Waals surface area contributed by atoms with Crippen LogP contribution >= 0.6 is 0 Å². The van der Waals surface area contributed by atoms with Gasteiger partial charge in [0.25, 0.3) is 0 Å². The molecule has 300 valence electrons. The van der Waals surface area contributed by atoms with Crippen molar-refractivity contribution in [2.45, 2.75) is 130 Å². The molecule has 8 heteroatoms. The fourth-order valence-corrected chi connectivity index (χ4v) is 14.5. The Kier molecular flexibility index (Phi) is 10.6. The number of β-amino-alcohol motifs (C(OH)–C–C–N with tert-alkyl or cyclic N) is 1. The van der Waals surface area contributed by atoms with Crippen LogP contribution in [-0.4, -0.2) is 59.7 Å². The molecule has 0 amide bonds. The van der Waals surface area contributed by atoms with Gasteiger partial charge in [0.1, 0.15) is 23.7 Å². The van der Waals surface area contributed by atoms with Crippen LogP contribution in [0.4, 0.5) is 0 Å². The number of hydrogen-bond acceptors (Lipinski definition) is 7. The number of aromatic nitrogens is 1. The molecular formula is C47H67N3O5. The molecule has 0 saturated heterocycles. The lowest BCUT2D eigenvalue weighted by molar-refractivity contribution is -0.221. The zero-order valence-corrected chi connectivity index (χ0v) is 34.7. The fourth-order valence-electron chi connectivity index (χ4n) is 14.5. The SMILES string of the molecule is C=C(C)[C@@H]1CC[C@]2(NC[C@H](O)COC)CC[C@]3(C)[C@H](CC[C@@H]4[C@@]5(C)CC=C(C6=CC[C@](COc7ncccc7C#N)(C(=O)O)CC6)C(C)(C)[C@@H]5CC[C@]43C)[C@@H]12. The second-order valence-electron chi connectivity index (χ2n) is 20.2. The van der Waals surface area contributed by atoms with Crippen molar-refractivity contribution in [3.63, 3.8) is 0 Å². The number of nitrogens with zero attached hydrogens (tertiary/aromatic N) is 2. The van der Waals surface area contributed by atoms with E-state index in [1.54, 1.807) is 25.4 Å². The van der Waals surface area contributed by atoms with E-state index in [1.165, 1.54) is 55.2 Å². The van der Waals surface area contributed by atoms with Gasteiger partial charge in [-0.3, -0.25) is 4.79 Å². The van der Waals surface area contributed by atoms with Crippen LogP contribution in [0.1, 0.15) is 124 Å². The maximum Gasteiger partial charge on any atom is 0.313 e. The second-order valence-corrected chi connectivity index (χ2v) is 20.2. The zero-order valence-electron chi connectivity index (χ0n) is 34.7. The number of pyridine rings is 1. The van der Waals surface area contributed by atoms with E-state index in [0.717, 1.165) is 19.3 Å². The van der Waals surface area contributed by atoms with Gasteiger partial charge in [0, 0.05) is 25.4 Å². The number of hydrogen-bond donors (Lipinski definition) is 3. The highest BCUT2D eigenvalue weighted by molar-refractivity contribution is 5.75. The molecule has 1 heterocycles. The smallest absolute Gasteiger partial charge is 0.313 e. The molecule has 0 aliphatic heterocycles. The Labute approximate surface area is 330 Å². The molecule has 0 aromatic carbocycles. The topological polar surface area (TPSA) is 125 Å². The molecule has 4 fully saturated rings. The molecule has 1 aromatic heterocycles. The van der Waals surface area contributed by atoms with Gasteiger partial charge in [-0.2, -0.15) is 5.26 Å². The van der Waals surface area contributed by atoms with Gasteiger partial charge < -0.3 is 25.0 Å². The van der Waals surface area contributed by atoms with Crippen molar-refractivity contribution in [3.8, 4) is 11.9 Å². The third kappa shape index (κ3) is 6.25. The minimum absolute atomic E-state index is 0.0120. The Hall–Kier alpha value is -2.99. The zero-order chi connectivity index (χ0) is 39.6. The van der Waals surface area contributed by atoms with Gasteiger partial charge in [0.2, 0.25) is 5.88 Å². The molecule has 0 radical (unpaired) electrons. The standard InChI is InChI=1S/C47H67N3O5/c1-30(2)34-15-22-47(50-27-33(51)28-54-8)24-23-44(6)36(39(34)47)11-12-38-43(5)18-16-35(42(3,4)37(43)17-19-45(38,44)7)31-13-20-46(21-14-31,41(52)53)29-55-40-32(26-48)10-9-25-49-40/h9-10,13,16,25,33-34,36-39,50-51H,1,11-12,14-15,17-24,27-29H2,2-8H3,(H,52,53)/t33-,34-,36+,37-,38+,39+,43-,44+,45+,46-,47-/m0/s1. The highest BCUT2D eigenvalue weighted by Crippen LogP contribution is 2.76. The van der Waals surface area contributed by atoms with Gasteiger partial charge in [-0.25, -0.2) is 4.98 Å². The Morgan fingerprint density at radius 2 is 1.82 bits per heavy atom. The first-order valence-electron chi connectivity index (χ1n) is 21.2. The summed E-state index contributed by atoms with van der Waals surface area (Å²) in [5.74, 6) is 2.19. The van der Waals surface area contributed by atoms with E-state index in [9.17, 15) is 20.3 Å². The largest absolute Gasteiger partial charge is 0.481 e. The summed E-state index contributed by atoms with van der Waals surface area (Å²) < 4.78 is 11.2. The third-order valence-corrected chi connectivity index (χ3v) is 17.5. The molecule has 0 bridgehead atoms. The van der Waals surface area contributed by atoms with E-state index in [-0.39, 0.29) is 39.7 Å². The number of aliphatic hydroxyl groups excluding tert-OH is 1. The quantitative estimate of drug-likeness (QED) is 0.191. The monoisotopic (exact) mass is 754 g/mol. The molecule has 55 heavy (non-hydrogen) atoms. The van der Waals surface area contributed by atoms with E-state index >= 15 is 0 Å². The van der Waals surface area contributed by atoms with Gasteiger partial charge in [-0.15, -0.1) is 0 Å². The van der Waals surface area contributed by atoms with E-state index in [2.05, 4.69) is 76.6 Å². The van der Waals surface area contributed by atoms with Gasteiger partial charge in [-0.05, 0) is 159 Å². The molecule has 7 rings (SSSR count). The number of carbonyl (C=O) groups is 1. The Morgan fingerprint density at radius 1 is 1.04 bits per heavy atom. The number of aliphatic carboxylic acids is 1. The summed E-state index contributed by atoms with van der Waals surface area (Å²) in [6, 6.07) is 5.43. The van der Waals surface area contributed by atoms with Crippen molar-refractivity contribution in [3.05, 3.63) is 59.3 Å². The number of nitrogens with one attached hydrogen (secondary N) is 1. The number of carboxylic acid groups (broad SMARTS) is 1. The lowest BCUT2D eigenvalue weighted by atomic mass is 9.33. The number of aliphatic hydroxyl groups is 1. The Bertz CT molecular complexity index is 1780. The van der Waals surface area contributed by atoms with Crippen molar-refractivity contribution in [2.24, 2.45) is 56.7 Å². The molecule has 3 N–H and O–H groups in total. The number of fused-ring (bicyclic) bond motifs is 7. The van der Waals surface area contributed by atoms with Crippen molar-refractivity contribution >= 4 is 5.97 Å². The van der Waals surface area contributed by atoms with Gasteiger partial charge >= 0.3 is 5.97 Å². The maximum atomic E-state index is 12.8. The Balaban J connectivity index is 1.13. The predicted octanol–water partition coefficient (Wildman–Crippen LogP) is 9.06. The molecule has 11 atom stereocenters. The molecule has 0 unspecified atom stereocenters. The van der Waals surface area contributed by atoms with Crippen LogP contribution in [0.15, 0.2) is 53.8 Å². The Morgan fingerprint density at radius 3 is 2.49 bits per heavy atom. The minimum Gasteiger partial charge on any atom is -0.481 e. The van der Waals surface area contributed by atoms with Crippen LogP contribution in [0.3, 0.4) is 0 Å². The van der Waals surface area contributed by atoms with Crippen molar-refractivity contribution in [1.82, 2.24) is 10.3 Å². The van der Waals surface area contributed by atoms with Crippen molar-refractivity contribution in [1.29, 1.82) is 5.26 Å². The summed E-state index contributed by atoms with van der Waals surface area (Å²) in [5, 5.41) is 34.7. The minimum atomic E-state index is -1.05. The van der Waals surface area contributed by atoms with Gasteiger partial charge in [0.05, 0.1) is 12.7 Å². The highest BCUT2D eigenvalue weighted by Gasteiger charge is 2.70. The van der Waals surface area contributed by atoms with E-state index in [0.29, 0.717) is 67.6 Å². The summed E-state index contributed by atoms with van der Waals surface area (Å²) in [4.78, 5) is 17.0. The van der Waals surface area contributed by atoms with E-state index < -0.39 is 17.5 Å². The number of rotatable bonds is 11. The highest BCUT2D eigenvalue weighted by atomic mass is 16.5. The lowest BCUT2D eigenvalue weighted by Gasteiger charge is -2.72. The predicted molar refractivity (Wildman–Crippen MR) is 215 cm³/mol. The molecule has 0 spiro atoms. The number of allylic oxidation sites excluding steroid dienone is 5. The average Bonchev–Trinajstić information content (AvgIpc) is 3.54. The third-order valence-electron chi connectivity index (χ3n) is 17.5. The summed E-state index contributed by atoms with van der Waals surface area (Å²) in [6.45, 7) is 20.7. The summed E-state index contributed by atoms with van der Waals surface area (Å²) in [6.07, 6.45) is 18.2. The first-order valence-corrected chi connectivity index (χ1v) is 21.2. The van der Waals surface area contributed by atoms with Crippen molar-refractivity contribution in [2.75, 3.05) is 26.9 Å². The fraction of sp³-hybridized carbons (Fsp3) is 0.723. The molecular weight excluding hydrogens is 687 g/mol. The first-order chi connectivity index (χ1) is 26.0. The van der Waals surface area contributed by atoms with Crippen LogP contribution in [0.2, 0.25) is 0 Å². The molecule has 4 saturated carbocycles. The van der Waals surface area contributed by atoms with Gasteiger partial charge in [-0.1, -0.05) is 58.9 Å². The molecule has 6 aliphatic carbocycles. The molecule has 1 aromatic rings. The van der Waals surface area contributed by atoms with Crippen LogP contribution in [0.5, 0.6) is 5.88 Å². The van der Waals surface area contributed by atoms with Crippen LogP contribution < -0.4 is 10.1 Å². The number of nitriles is 1. The summed E-state index contributed by atoms with van der Waals surface area (Å²) in [7, 11) is 1.66. The van der Waals surface area contributed by atoms with Crippen LogP contribution in [-0.2, 0) is 9.53 Å². The number of carboxylic acids is 1.